The first-order valence-electron chi connectivity index (χ1n) is 11.8. The van der Waals surface area contributed by atoms with E-state index >= 15 is 0 Å². The number of aryl methyl sites for hydroxylation is 2. The second-order valence-electron chi connectivity index (χ2n) is 9.07. The maximum Gasteiger partial charge on any atom is 0.227 e. The van der Waals surface area contributed by atoms with Crippen molar-refractivity contribution in [1.29, 1.82) is 0 Å². The summed E-state index contributed by atoms with van der Waals surface area (Å²) < 4.78 is 1.73. The second-order valence-corrected chi connectivity index (χ2v) is 9.07. The molecule has 0 saturated carbocycles. The van der Waals surface area contributed by atoms with E-state index in [2.05, 4.69) is 61.8 Å². The van der Waals surface area contributed by atoms with Gasteiger partial charge in [-0.05, 0) is 49.9 Å². The second kappa shape index (κ2) is 9.21. The fourth-order valence-corrected chi connectivity index (χ4v) is 4.91. The Morgan fingerprint density at radius 1 is 0.970 bits per heavy atom. The zero-order valence-electron chi connectivity index (χ0n) is 19.4. The van der Waals surface area contributed by atoms with Crippen LogP contribution in [0.3, 0.4) is 0 Å². The molecule has 2 aliphatic heterocycles. The van der Waals surface area contributed by atoms with Gasteiger partial charge in [0.1, 0.15) is 12.1 Å². The van der Waals surface area contributed by atoms with Crippen molar-refractivity contribution in [2.75, 3.05) is 49.1 Å². The van der Waals surface area contributed by atoms with Gasteiger partial charge in [-0.15, -0.1) is 0 Å². The molecule has 8 nitrogen and oxygen atoms in total. The molecular formula is C25H31N7O. The number of hydrogen-bond donors (Lipinski definition) is 0. The summed E-state index contributed by atoms with van der Waals surface area (Å²) in [7, 11) is 0. The van der Waals surface area contributed by atoms with E-state index in [0.717, 1.165) is 57.2 Å². The standard InChI is InChI=1S/C25H31N7O/c1-19-6-7-20(2)22(15-19)29-11-13-30(14-12-29)25(33)21-5-3-9-31(17-21)23-16-24(27-18-26-23)32-10-4-8-28-32/h4,6-8,10,15-16,18,21H,3,5,9,11-14,17H2,1-2H3. The van der Waals surface area contributed by atoms with Crippen LogP contribution in [-0.4, -0.2) is 69.8 Å². The molecule has 1 aromatic carbocycles. The lowest BCUT2D eigenvalue weighted by molar-refractivity contribution is -0.136. The highest BCUT2D eigenvalue weighted by atomic mass is 16.2. The van der Waals surface area contributed by atoms with Crippen molar-refractivity contribution in [2.24, 2.45) is 5.92 Å². The van der Waals surface area contributed by atoms with Crippen molar-refractivity contribution in [3.8, 4) is 5.82 Å². The van der Waals surface area contributed by atoms with Gasteiger partial charge in [-0.1, -0.05) is 12.1 Å². The van der Waals surface area contributed by atoms with Crippen LogP contribution in [-0.2, 0) is 4.79 Å². The van der Waals surface area contributed by atoms with E-state index in [1.807, 2.05) is 18.3 Å². The van der Waals surface area contributed by atoms with E-state index in [-0.39, 0.29) is 11.8 Å². The maximum atomic E-state index is 13.4. The highest BCUT2D eigenvalue weighted by molar-refractivity contribution is 5.80. The number of carbonyl (C=O) groups excluding carboxylic acids is 1. The highest BCUT2D eigenvalue weighted by Gasteiger charge is 2.32. The number of amides is 1. The van der Waals surface area contributed by atoms with E-state index in [1.54, 1.807) is 17.2 Å². The van der Waals surface area contributed by atoms with Crippen LogP contribution < -0.4 is 9.80 Å². The summed E-state index contributed by atoms with van der Waals surface area (Å²) in [5.41, 5.74) is 3.86. The van der Waals surface area contributed by atoms with Crippen molar-refractivity contribution in [1.82, 2.24) is 24.6 Å². The Balaban J connectivity index is 1.22. The molecule has 2 saturated heterocycles. The average Bonchev–Trinajstić information content (AvgIpc) is 3.41. The quantitative estimate of drug-likeness (QED) is 0.615. The molecule has 0 radical (unpaired) electrons. The van der Waals surface area contributed by atoms with E-state index in [0.29, 0.717) is 6.54 Å². The molecule has 2 aromatic heterocycles. The Morgan fingerprint density at radius 3 is 2.58 bits per heavy atom. The van der Waals surface area contributed by atoms with Crippen LogP contribution in [0.2, 0.25) is 0 Å². The third-order valence-electron chi connectivity index (χ3n) is 6.77. The smallest absolute Gasteiger partial charge is 0.227 e. The highest BCUT2D eigenvalue weighted by Crippen LogP contribution is 2.26. The summed E-state index contributed by atoms with van der Waals surface area (Å²) in [5.74, 6) is 1.88. The first-order chi connectivity index (χ1) is 16.1. The largest absolute Gasteiger partial charge is 0.368 e. The molecular weight excluding hydrogens is 414 g/mol. The first-order valence-corrected chi connectivity index (χ1v) is 11.8. The lowest BCUT2D eigenvalue weighted by Crippen LogP contribution is -2.52. The van der Waals surface area contributed by atoms with Gasteiger partial charge in [0.05, 0.1) is 5.92 Å². The van der Waals surface area contributed by atoms with Crippen molar-refractivity contribution < 1.29 is 4.79 Å². The Kier molecular flexibility index (Phi) is 5.98. The van der Waals surface area contributed by atoms with E-state index in [4.69, 9.17) is 0 Å². The van der Waals surface area contributed by atoms with Gasteiger partial charge in [0.25, 0.3) is 0 Å². The van der Waals surface area contributed by atoms with Gasteiger partial charge >= 0.3 is 0 Å². The molecule has 2 fully saturated rings. The lowest BCUT2D eigenvalue weighted by atomic mass is 9.96. The van der Waals surface area contributed by atoms with Crippen molar-refractivity contribution in [3.05, 3.63) is 60.2 Å². The molecule has 0 spiro atoms. The van der Waals surface area contributed by atoms with Gasteiger partial charge in [-0.2, -0.15) is 5.10 Å². The molecule has 8 heteroatoms. The van der Waals surface area contributed by atoms with Gasteiger partial charge in [-0.3, -0.25) is 4.79 Å². The minimum atomic E-state index is 0.00845. The summed E-state index contributed by atoms with van der Waals surface area (Å²) in [6.07, 6.45) is 7.10. The third kappa shape index (κ3) is 4.55. The minimum Gasteiger partial charge on any atom is -0.368 e. The number of piperidine rings is 1. The summed E-state index contributed by atoms with van der Waals surface area (Å²) in [4.78, 5) is 28.9. The van der Waals surface area contributed by atoms with Crippen molar-refractivity contribution in [3.63, 3.8) is 0 Å². The van der Waals surface area contributed by atoms with Crippen LogP contribution in [0.5, 0.6) is 0 Å². The molecule has 1 unspecified atom stereocenters. The predicted octanol–water partition coefficient (Wildman–Crippen LogP) is 2.84. The SMILES string of the molecule is Cc1ccc(C)c(N2CCN(C(=O)C3CCCN(c4cc(-n5cccn5)ncn4)C3)CC2)c1. The zero-order valence-corrected chi connectivity index (χ0v) is 19.4. The van der Waals surface area contributed by atoms with Crippen molar-refractivity contribution >= 4 is 17.4 Å². The summed E-state index contributed by atoms with van der Waals surface area (Å²) in [6, 6.07) is 10.4. The normalized spacial score (nSPS) is 19.1. The van der Waals surface area contributed by atoms with Gasteiger partial charge in [0, 0.05) is 63.4 Å². The zero-order chi connectivity index (χ0) is 22.8. The number of rotatable bonds is 4. The maximum absolute atomic E-state index is 13.4. The molecule has 2 aliphatic rings. The molecule has 1 amide bonds. The number of carbonyl (C=O) groups is 1. The molecule has 1 atom stereocenters. The summed E-state index contributed by atoms with van der Waals surface area (Å²) in [5, 5.41) is 4.26. The Morgan fingerprint density at radius 2 is 1.79 bits per heavy atom. The van der Waals surface area contributed by atoms with Crippen LogP contribution in [0, 0.1) is 19.8 Å². The lowest BCUT2D eigenvalue weighted by Gasteiger charge is -2.40. The van der Waals surface area contributed by atoms with Crippen LogP contribution in [0.25, 0.3) is 5.82 Å². The molecule has 0 aliphatic carbocycles. The molecule has 4 heterocycles. The van der Waals surface area contributed by atoms with E-state index in [9.17, 15) is 4.79 Å². The molecule has 172 valence electrons. The van der Waals surface area contributed by atoms with Crippen LogP contribution in [0.4, 0.5) is 11.5 Å². The molecule has 0 bridgehead atoms. The van der Waals surface area contributed by atoms with Crippen molar-refractivity contribution in [2.45, 2.75) is 26.7 Å². The molecule has 5 rings (SSSR count). The molecule has 33 heavy (non-hydrogen) atoms. The fourth-order valence-electron chi connectivity index (χ4n) is 4.91. The van der Waals surface area contributed by atoms with Crippen LogP contribution >= 0.6 is 0 Å². The van der Waals surface area contributed by atoms with Gasteiger partial charge in [-0.25, -0.2) is 14.6 Å². The van der Waals surface area contributed by atoms with E-state index < -0.39 is 0 Å². The predicted molar refractivity (Wildman–Crippen MR) is 129 cm³/mol. The van der Waals surface area contributed by atoms with Gasteiger partial charge < -0.3 is 14.7 Å². The minimum absolute atomic E-state index is 0.00845. The summed E-state index contributed by atoms with van der Waals surface area (Å²) in [6.45, 7) is 9.21. The Hall–Kier alpha value is -3.42. The van der Waals surface area contributed by atoms with E-state index in [1.165, 1.54) is 16.8 Å². The Labute approximate surface area is 194 Å². The number of anilines is 2. The van der Waals surface area contributed by atoms with Crippen LogP contribution in [0.15, 0.2) is 49.1 Å². The van der Waals surface area contributed by atoms with Crippen LogP contribution in [0.1, 0.15) is 24.0 Å². The number of aromatic nitrogens is 4. The number of nitrogens with zero attached hydrogens (tertiary/aromatic N) is 7. The third-order valence-corrected chi connectivity index (χ3v) is 6.77. The fraction of sp³-hybridized carbons (Fsp3) is 0.440. The summed E-state index contributed by atoms with van der Waals surface area (Å²) >= 11 is 0. The number of hydrogen-bond acceptors (Lipinski definition) is 6. The number of piperazine rings is 1. The topological polar surface area (TPSA) is 70.4 Å². The first kappa shape index (κ1) is 21.4. The number of benzene rings is 1. The van der Waals surface area contributed by atoms with Gasteiger partial charge in [0.15, 0.2) is 5.82 Å². The molecule has 3 aromatic rings. The molecule has 0 N–H and O–H groups in total. The monoisotopic (exact) mass is 445 g/mol. The Bertz CT molecular complexity index is 1110. The van der Waals surface area contributed by atoms with Gasteiger partial charge in [0.2, 0.25) is 5.91 Å². The average molecular weight is 446 g/mol.